The van der Waals surface area contributed by atoms with Crippen LogP contribution in [0.1, 0.15) is 48.9 Å². The van der Waals surface area contributed by atoms with E-state index < -0.39 is 0 Å². The highest BCUT2D eigenvalue weighted by molar-refractivity contribution is 5.97. The van der Waals surface area contributed by atoms with Gasteiger partial charge in [-0.2, -0.15) is 0 Å². The molecule has 0 atom stereocenters. The van der Waals surface area contributed by atoms with Gasteiger partial charge >= 0.3 is 6.03 Å². The van der Waals surface area contributed by atoms with E-state index in [0.717, 1.165) is 50.4 Å². The van der Waals surface area contributed by atoms with Crippen LogP contribution in [-0.4, -0.2) is 59.9 Å². The average molecular weight is 355 g/mol. The fourth-order valence-electron chi connectivity index (χ4n) is 4.30. The first kappa shape index (κ1) is 17.5. The Morgan fingerprint density at radius 2 is 1.50 bits per heavy atom. The van der Waals surface area contributed by atoms with Crippen molar-refractivity contribution >= 4 is 11.8 Å². The first-order chi connectivity index (χ1) is 12.7. The molecule has 2 amide bonds. The molecule has 140 valence electrons. The molecule has 2 aliphatic heterocycles. The van der Waals surface area contributed by atoms with Crippen LogP contribution in [0.5, 0.6) is 0 Å². The lowest BCUT2D eigenvalue weighted by molar-refractivity contribution is 0.0851. The molecular weight excluding hydrogens is 326 g/mol. The van der Waals surface area contributed by atoms with E-state index in [0.29, 0.717) is 19.1 Å². The van der Waals surface area contributed by atoms with Crippen LogP contribution in [0.15, 0.2) is 30.3 Å². The van der Waals surface area contributed by atoms with Crippen molar-refractivity contribution in [2.24, 2.45) is 5.92 Å². The lowest BCUT2D eigenvalue weighted by Gasteiger charge is -2.35. The summed E-state index contributed by atoms with van der Waals surface area (Å²) in [7, 11) is 0. The Hall–Kier alpha value is -1.88. The van der Waals surface area contributed by atoms with E-state index in [1.807, 2.05) is 35.2 Å². The number of rotatable bonds is 4. The molecule has 5 heteroatoms. The second kappa shape index (κ2) is 7.78. The van der Waals surface area contributed by atoms with Gasteiger partial charge in [-0.05, 0) is 38.5 Å². The lowest BCUT2D eigenvalue weighted by Crippen LogP contribution is -2.51. The minimum absolute atomic E-state index is 0.0447. The summed E-state index contributed by atoms with van der Waals surface area (Å²) in [6.45, 7) is 3.58. The predicted octanol–water partition coefficient (Wildman–Crippen LogP) is 2.92. The quantitative estimate of drug-likeness (QED) is 0.845. The number of amides is 2. The van der Waals surface area contributed by atoms with Gasteiger partial charge in [0.25, 0.3) is 0 Å². The van der Waals surface area contributed by atoms with E-state index in [1.54, 1.807) is 0 Å². The van der Waals surface area contributed by atoms with Gasteiger partial charge < -0.3 is 15.1 Å². The molecule has 0 aromatic heterocycles. The number of urea groups is 1. The highest BCUT2D eigenvalue weighted by atomic mass is 16.2. The van der Waals surface area contributed by atoms with Gasteiger partial charge in [0.2, 0.25) is 0 Å². The highest BCUT2D eigenvalue weighted by Crippen LogP contribution is 2.29. The summed E-state index contributed by atoms with van der Waals surface area (Å²) < 4.78 is 0. The maximum absolute atomic E-state index is 12.6. The van der Waals surface area contributed by atoms with E-state index in [-0.39, 0.29) is 17.7 Å². The third kappa shape index (κ3) is 4.09. The molecule has 1 saturated carbocycles. The van der Waals surface area contributed by atoms with Crippen molar-refractivity contribution in [2.75, 3.05) is 26.2 Å². The summed E-state index contributed by atoms with van der Waals surface area (Å²) in [4.78, 5) is 29.6. The Morgan fingerprint density at radius 1 is 0.846 bits per heavy atom. The number of piperidine rings is 2. The number of carbonyl (C=O) groups excluding carboxylic acids is 2. The molecule has 1 aromatic rings. The van der Waals surface area contributed by atoms with Crippen LogP contribution in [0.2, 0.25) is 0 Å². The third-order valence-corrected chi connectivity index (χ3v) is 6.13. The van der Waals surface area contributed by atoms with Gasteiger partial charge in [-0.15, -0.1) is 0 Å². The van der Waals surface area contributed by atoms with Crippen molar-refractivity contribution in [1.29, 1.82) is 0 Å². The fourth-order valence-corrected chi connectivity index (χ4v) is 4.30. The second-order valence-corrected chi connectivity index (χ2v) is 7.98. The number of hydrogen-bond acceptors (Lipinski definition) is 3. The van der Waals surface area contributed by atoms with E-state index in [4.69, 9.17) is 0 Å². The summed E-state index contributed by atoms with van der Waals surface area (Å²) in [5, 5.41) is 3.22. The van der Waals surface area contributed by atoms with Crippen molar-refractivity contribution in [3.63, 3.8) is 0 Å². The molecular formula is C21H29N3O2. The lowest BCUT2D eigenvalue weighted by atomic mass is 9.89. The zero-order chi connectivity index (χ0) is 17.9. The molecule has 1 aromatic carbocycles. The van der Waals surface area contributed by atoms with E-state index in [1.165, 1.54) is 12.8 Å². The van der Waals surface area contributed by atoms with Crippen molar-refractivity contribution < 1.29 is 9.59 Å². The predicted molar refractivity (Wildman–Crippen MR) is 101 cm³/mol. The topological polar surface area (TPSA) is 52.7 Å². The molecule has 5 nitrogen and oxygen atoms in total. The van der Waals surface area contributed by atoms with Gasteiger partial charge in [0.1, 0.15) is 0 Å². The SMILES string of the molecule is O=C(c1ccccc1)C1CCN(C(=O)NC2CCN(C3CC3)CC2)CC1. The standard InChI is InChI=1S/C21H29N3O2/c25-20(16-4-2-1-3-5-16)17-8-12-24(13-9-17)21(26)22-18-10-14-23(15-11-18)19-6-7-19/h1-5,17-19H,6-15H2,(H,22,26). The summed E-state index contributed by atoms with van der Waals surface area (Å²) >= 11 is 0. The van der Waals surface area contributed by atoms with Gasteiger partial charge in [0.05, 0.1) is 0 Å². The molecule has 26 heavy (non-hydrogen) atoms. The van der Waals surface area contributed by atoms with E-state index in [9.17, 15) is 9.59 Å². The number of hydrogen-bond donors (Lipinski definition) is 1. The zero-order valence-corrected chi connectivity index (χ0v) is 15.4. The van der Waals surface area contributed by atoms with Crippen molar-refractivity contribution in [1.82, 2.24) is 15.1 Å². The maximum atomic E-state index is 12.6. The van der Waals surface area contributed by atoms with Crippen LogP contribution < -0.4 is 5.32 Å². The first-order valence-electron chi connectivity index (χ1n) is 10.1. The molecule has 1 N–H and O–H groups in total. The number of nitrogens with one attached hydrogen (secondary N) is 1. The van der Waals surface area contributed by atoms with Crippen molar-refractivity contribution in [3.05, 3.63) is 35.9 Å². The van der Waals surface area contributed by atoms with Crippen LogP contribution in [0.3, 0.4) is 0 Å². The number of Topliss-reactive ketones (excluding diaryl/α,β-unsaturated/α-hetero) is 1. The highest BCUT2D eigenvalue weighted by Gasteiger charge is 2.33. The van der Waals surface area contributed by atoms with Crippen LogP contribution in [0, 0.1) is 5.92 Å². The minimum Gasteiger partial charge on any atom is -0.335 e. The Labute approximate surface area is 155 Å². The van der Waals surface area contributed by atoms with Crippen LogP contribution in [-0.2, 0) is 0 Å². The molecule has 0 unspecified atom stereocenters. The van der Waals surface area contributed by atoms with Gasteiger partial charge in [-0.25, -0.2) is 4.79 Å². The van der Waals surface area contributed by atoms with Gasteiger partial charge in [-0.1, -0.05) is 30.3 Å². The summed E-state index contributed by atoms with van der Waals surface area (Å²) in [5.74, 6) is 0.265. The number of nitrogens with zero attached hydrogens (tertiary/aromatic N) is 2. The number of likely N-dealkylation sites (tertiary alicyclic amines) is 2. The molecule has 4 rings (SSSR count). The zero-order valence-electron chi connectivity index (χ0n) is 15.4. The van der Waals surface area contributed by atoms with Crippen LogP contribution >= 0.6 is 0 Å². The molecule has 2 heterocycles. The molecule has 2 saturated heterocycles. The Morgan fingerprint density at radius 3 is 2.12 bits per heavy atom. The van der Waals surface area contributed by atoms with Crippen molar-refractivity contribution in [2.45, 2.75) is 50.6 Å². The van der Waals surface area contributed by atoms with E-state index >= 15 is 0 Å². The fraction of sp³-hybridized carbons (Fsp3) is 0.619. The molecule has 3 fully saturated rings. The number of carbonyl (C=O) groups is 2. The Kier molecular flexibility index (Phi) is 5.25. The number of benzene rings is 1. The van der Waals surface area contributed by atoms with Crippen LogP contribution in [0.25, 0.3) is 0 Å². The maximum Gasteiger partial charge on any atom is 0.317 e. The Bertz CT molecular complexity index is 628. The van der Waals surface area contributed by atoms with Gasteiger partial charge in [-0.3, -0.25) is 4.79 Å². The monoisotopic (exact) mass is 355 g/mol. The third-order valence-electron chi connectivity index (χ3n) is 6.13. The minimum atomic E-state index is 0.0447. The normalized spacial score (nSPS) is 23.0. The largest absolute Gasteiger partial charge is 0.335 e. The van der Waals surface area contributed by atoms with Crippen molar-refractivity contribution in [3.8, 4) is 0 Å². The van der Waals surface area contributed by atoms with Gasteiger partial charge in [0.15, 0.2) is 5.78 Å². The van der Waals surface area contributed by atoms with Gasteiger partial charge in [0, 0.05) is 49.7 Å². The smallest absolute Gasteiger partial charge is 0.317 e. The summed E-state index contributed by atoms with van der Waals surface area (Å²) in [6, 6.07) is 10.7. The first-order valence-corrected chi connectivity index (χ1v) is 10.1. The molecule has 0 radical (unpaired) electrons. The molecule has 1 aliphatic carbocycles. The molecule has 0 spiro atoms. The average Bonchev–Trinajstić information content (AvgIpc) is 3.54. The second-order valence-electron chi connectivity index (χ2n) is 7.98. The molecule has 0 bridgehead atoms. The number of ketones is 1. The Balaban J connectivity index is 1.21. The summed E-state index contributed by atoms with van der Waals surface area (Å²) in [6.07, 6.45) is 6.36. The van der Waals surface area contributed by atoms with Crippen LogP contribution in [0.4, 0.5) is 4.79 Å². The molecule has 3 aliphatic rings. The summed E-state index contributed by atoms with van der Waals surface area (Å²) in [5.41, 5.74) is 0.790. The van der Waals surface area contributed by atoms with E-state index in [2.05, 4.69) is 10.2 Å².